The Labute approximate surface area is 189 Å². The van der Waals surface area contributed by atoms with Crippen molar-refractivity contribution in [3.8, 4) is 11.4 Å². The minimum atomic E-state index is -0.139. The van der Waals surface area contributed by atoms with Gasteiger partial charge in [0.05, 0.1) is 18.4 Å². The average molecular weight is 457 g/mol. The van der Waals surface area contributed by atoms with Crippen molar-refractivity contribution in [3.05, 3.63) is 46.2 Å². The molecule has 1 amide bonds. The van der Waals surface area contributed by atoms with Crippen molar-refractivity contribution in [2.24, 2.45) is 0 Å². The molecule has 1 unspecified atom stereocenters. The first-order valence-corrected chi connectivity index (χ1v) is 12.0. The molecule has 0 spiro atoms. The van der Waals surface area contributed by atoms with Gasteiger partial charge >= 0.3 is 0 Å². The highest BCUT2D eigenvalue weighted by Gasteiger charge is 2.22. The lowest BCUT2D eigenvalue weighted by atomic mass is 10.1. The van der Waals surface area contributed by atoms with Crippen LogP contribution in [-0.2, 0) is 16.1 Å². The number of carbonyl (C=O) groups is 2. The molecule has 1 fully saturated rings. The highest BCUT2D eigenvalue weighted by molar-refractivity contribution is 7.99. The lowest BCUT2D eigenvalue weighted by molar-refractivity contribution is -0.113. The third kappa shape index (κ3) is 5.41. The summed E-state index contributed by atoms with van der Waals surface area (Å²) in [5, 5.41) is 14.4. The van der Waals surface area contributed by atoms with Gasteiger partial charge in [0, 0.05) is 33.7 Å². The number of thiophene rings is 1. The predicted octanol–water partition coefficient (Wildman–Crippen LogP) is 4.43. The number of nitrogens with zero attached hydrogens (tertiary/aromatic N) is 3. The maximum absolute atomic E-state index is 12.5. The Bertz CT molecular complexity index is 1070. The lowest BCUT2D eigenvalue weighted by Crippen LogP contribution is -2.18. The number of ether oxygens (including phenoxy) is 1. The molecule has 1 aromatic carbocycles. The molecule has 31 heavy (non-hydrogen) atoms. The second-order valence-corrected chi connectivity index (χ2v) is 9.53. The van der Waals surface area contributed by atoms with Gasteiger partial charge in [-0.3, -0.25) is 14.2 Å². The lowest BCUT2D eigenvalue weighted by Gasteiger charge is -2.14. The van der Waals surface area contributed by atoms with Crippen LogP contribution in [0.5, 0.6) is 0 Å². The maximum Gasteiger partial charge on any atom is 0.234 e. The Morgan fingerprint density at radius 3 is 2.74 bits per heavy atom. The fourth-order valence-electron chi connectivity index (χ4n) is 3.44. The van der Waals surface area contributed by atoms with Crippen molar-refractivity contribution < 1.29 is 14.3 Å². The zero-order valence-electron chi connectivity index (χ0n) is 17.5. The minimum Gasteiger partial charge on any atom is -0.376 e. The number of carbonyl (C=O) groups excluding carboxylic acids is 2. The number of rotatable bonds is 8. The highest BCUT2D eigenvalue weighted by atomic mass is 32.2. The molecule has 2 aromatic heterocycles. The molecule has 3 aromatic rings. The second kappa shape index (κ2) is 9.76. The van der Waals surface area contributed by atoms with Gasteiger partial charge in [-0.15, -0.1) is 21.5 Å². The Hall–Kier alpha value is -2.49. The number of aryl methyl sites for hydroxylation is 1. The van der Waals surface area contributed by atoms with Crippen LogP contribution in [0, 0.1) is 6.92 Å². The third-order valence-corrected chi connectivity index (χ3v) is 6.85. The molecule has 1 aliphatic heterocycles. The third-order valence-electron chi connectivity index (χ3n) is 5.02. The molecule has 0 bridgehead atoms. The number of aromatic nitrogens is 3. The summed E-state index contributed by atoms with van der Waals surface area (Å²) in [6.07, 6.45) is 2.22. The van der Waals surface area contributed by atoms with E-state index in [0.717, 1.165) is 30.8 Å². The van der Waals surface area contributed by atoms with Gasteiger partial charge < -0.3 is 10.1 Å². The smallest absolute Gasteiger partial charge is 0.234 e. The van der Waals surface area contributed by atoms with Crippen LogP contribution in [0.3, 0.4) is 0 Å². The molecule has 0 saturated carbocycles. The van der Waals surface area contributed by atoms with E-state index in [4.69, 9.17) is 4.74 Å². The molecule has 0 aliphatic carbocycles. The summed E-state index contributed by atoms with van der Waals surface area (Å²) in [4.78, 5) is 25.1. The average Bonchev–Trinajstić information content (AvgIpc) is 3.49. The van der Waals surface area contributed by atoms with E-state index in [2.05, 4.69) is 38.5 Å². The normalized spacial score (nSPS) is 15.9. The monoisotopic (exact) mass is 456 g/mol. The van der Waals surface area contributed by atoms with E-state index in [-0.39, 0.29) is 23.5 Å². The summed E-state index contributed by atoms with van der Waals surface area (Å²) in [6, 6.07) is 8.98. The van der Waals surface area contributed by atoms with Crippen LogP contribution >= 0.6 is 23.1 Å². The van der Waals surface area contributed by atoms with Crippen LogP contribution in [0.2, 0.25) is 0 Å². The Kier molecular flexibility index (Phi) is 6.84. The zero-order chi connectivity index (χ0) is 21.8. The summed E-state index contributed by atoms with van der Waals surface area (Å²) in [7, 11) is 0. The molecule has 9 heteroatoms. The van der Waals surface area contributed by atoms with Gasteiger partial charge in [0.1, 0.15) is 0 Å². The first-order chi connectivity index (χ1) is 15.0. The Morgan fingerprint density at radius 2 is 2.10 bits per heavy atom. The summed E-state index contributed by atoms with van der Waals surface area (Å²) in [5.74, 6) is 0.874. The van der Waals surface area contributed by atoms with Gasteiger partial charge in [-0.2, -0.15) is 0 Å². The fraction of sp³-hybridized carbons (Fsp3) is 0.364. The number of ketones is 1. The quantitative estimate of drug-likeness (QED) is 0.399. The highest BCUT2D eigenvalue weighted by Crippen LogP contribution is 2.29. The number of anilines is 1. The van der Waals surface area contributed by atoms with Crippen molar-refractivity contribution >= 4 is 40.5 Å². The topological polar surface area (TPSA) is 86.1 Å². The molecule has 4 rings (SSSR count). The van der Waals surface area contributed by atoms with E-state index >= 15 is 0 Å². The van der Waals surface area contributed by atoms with Crippen LogP contribution < -0.4 is 5.32 Å². The Morgan fingerprint density at radius 1 is 1.29 bits per heavy atom. The van der Waals surface area contributed by atoms with E-state index in [1.54, 1.807) is 35.6 Å². The Balaban J connectivity index is 1.45. The van der Waals surface area contributed by atoms with Gasteiger partial charge in [0.15, 0.2) is 16.8 Å². The van der Waals surface area contributed by atoms with E-state index < -0.39 is 0 Å². The number of hydrogen-bond acceptors (Lipinski definition) is 7. The number of amides is 1. The molecule has 3 heterocycles. The van der Waals surface area contributed by atoms with E-state index in [0.29, 0.717) is 23.0 Å². The van der Waals surface area contributed by atoms with Crippen molar-refractivity contribution in [2.75, 3.05) is 17.7 Å². The van der Waals surface area contributed by atoms with Crippen molar-refractivity contribution in [1.82, 2.24) is 14.8 Å². The number of Topliss-reactive ketones (excluding diaryl/α,β-unsaturated/α-hetero) is 1. The van der Waals surface area contributed by atoms with Gasteiger partial charge in [-0.05, 0) is 57.0 Å². The van der Waals surface area contributed by atoms with Crippen LogP contribution in [0.1, 0.15) is 35.0 Å². The molecule has 162 valence electrons. The van der Waals surface area contributed by atoms with Crippen LogP contribution in [0.25, 0.3) is 11.4 Å². The van der Waals surface area contributed by atoms with Crippen molar-refractivity contribution in [3.63, 3.8) is 0 Å². The summed E-state index contributed by atoms with van der Waals surface area (Å²) >= 11 is 3.04. The SMILES string of the molecule is CC(=O)c1ccc(NC(=O)CSc2nnc(-c3csc(C)c3)n2CC2CCCO2)cc1. The number of nitrogens with one attached hydrogen (secondary N) is 1. The molecular weight excluding hydrogens is 432 g/mol. The molecular formula is C22H24N4O3S2. The van der Waals surface area contributed by atoms with Crippen LogP contribution in [0.4, 0.5) is 5.69 Å². The molecule has 1 saturated heterocycles. The van der Waals surface area contributed by atoms with Crippen LogP contribution in [-0.4, -0.2) is 44.9 Å². The van der Waals surface area contributed by atoms with Crippen molar-refractivity contribution in [1.29, 1.82) is 0 Å². The summed E-state index contributed by atoms with van der Waals surface area (Å²) in [5.41, 5.74) is 2.31. The van der Waals surface area contributed by atoms with Crippen molar-refractivity contribution in [2.45, 2.75) is 44.5 Å². The number of thioether (sulfide) groups is 1. The molecule has 1 aliphatic rings. The first-order valence-electron chi connectivity index (χ1n) is 10.1. The minimum absolute atomic E-state index is 0.00405. The molecule has 0 radical (unpaired) electrons. The van der Waals surface area contributed by atoms with Gasteiger partial charge in [0.2, 0.25) is 5.91 Å². The molecule has 1 N–H and O–H groups in total. The maximum atomic E-state index is 12.5. The van der Waals surface area contributed by atoms with Gasteiger partial charge in [-0.1, -0.05) is 11.8 Å². The summed E-state index contributed by atoms with van der Waals surface area (Å²) < 4.78 is 7.89. The van der Waals surface area contributed by atoms with Crippen LogP contribution in [0.15, 0.2) is 40.9 Å². The second-order valence-electron chi connectivity index (χ2n) is 7.47. The van der Waals surface area contributed by atoms with E-state index in [1.165, 1.54) is 23.6 Å². The first kappa shape index (κ1) is 21.7. The van der Waals surface area contributed by atoms with Gasteiger partial charge in [0.25, 0.3) is 0 Å². The predicted molar refractivity (Wildman–Crippen MR) is 123 cm³/mol. The van der Waals surface area contributed by atoms with E-state index in [1.807, 2.05) is 0 Å². The van der Waals surface area contributed by atoms with E-state index in [9.17, 15) is 9.59 Å². The summed E-state index contributed by atoms with van der Waals surface area (Å²) in [6.45, 7) is 5.04. The number of benzene rings is 1. The molecule has 7 nitrogen and oxygen atoms in total. The standard InChI is InChI=1S/C22H24N4O3S2/c1-14-10-17(12-30-14)21-24-25-22(26(21)11-19-4-3-9-29-19)31-13-20(28)23-18-7-5-16(6-8-18)15(2)27/h5-8,10,12,19H,3-4,9,11,13H2,1-2H3,(H,23,28). The van der Waals surface area contributed by atoms with Gasteiger partial charge in [-0.25, -0.2) is 0 Å². The molecule has 1 atom stereocenters. The largest absolute Gasteiger partial charge is 0.376 e. The number of hydrogen-bond donors (Lipinski definition) is 1. The zero-order valence-corrected chi connectivity index (χ0v) is 19.1. The fourth-order valence-corrected chi connectivity index (χ4v) is 4.87.